The van der Waals surface area contributed by atoms with Crippen molar-refractivity contribution >= 4 is 27.6 Å². The van der Waals surface area contributed by atoms with E-state index in [0.29, 0.717) is 35.8 Å². The fraction of sp³-hybridized carbons (Fsp3) is 0.278. The number of rotatable bonds is 7. The molecule has 0 radical (unpaired) electrons. The van der Waals surface area contributed by atoms with Crippen molar-refractivity contribution in [3.8, 4) is 11.5 Å². The van der Waals surface area contributed by atoms with Crippen LogP contribution in [0.25, 0.3) is 0 Å². The minimum absolute atomic E-state index is 0.295. The van der Waals surface area contributed by atoms with Gasteiger partial charge in [-0.1, -0.05) is 22.0 Å². The van der Waals surface area contributed by atoms with Gasteiger partial charge in [0, 0.05) is 16.7 Å². The SMILES string of the molecule is CCOc1cc(CNc2cccc(C(=O)O)c2C)c(Br)cc1OC. The van der Waals surface area contributed by atoms with Crippen molar-refractivity contribution in [2.45, 2.75) is 20.4 Å². The van der Waals surface area contributed by atoms with Crippen LogP contribution in [-0.4, -0.2) is 24.8 Å². The van der Waals surface area contributed by atoms with Crippen LogP contribution in [-0.2, 0) is 6.54 Å². The van der Waals surface area contributed by atoms with Gasteiger partial charge in [-0.05, 0) is 49.2 Å². The lowest BCUT2D eigenvalue weighted by Crippen LogP contribution is -2.06. The van der Waals surface area contributed by atoms with Crippen molar-refractivity contribution in [1.29, 1.82) is 0 Å². The van der Waals surface area contributed by atoms with Gasteiger partial charge in [0.05, 0.1) is 19.3 Å². The van der Waals surface area contributed by atoms with Crippen LogP contribution in [0.1, 0.15) is 28.4 Å². The Morgan fingerprint density at radius 1 is 1.29 bits per heavy atom. The highest BCUT2D eigenvalue weighted by Gasteiger charge is 2.12. The molecule has 24 heavy (non-hydrogen) atoms. The lowest BCUT2D eigenvalue weighted by molar-refractivity contribution is 0.0696. The maximum atomic E-state index is 11.2. The first-order valence-corrected chi connectivity index (χ1v) is 8.33. The molecule has 0 saturated heterocycles. The summed E-state index contributed by atoms with van der Waals surface area (Å²) in [7, 11) is 1.60. The zero-order valence-corrected chi connectivity index (χ0v) is 15.4. The Labute approximate surface area is 149 Å². The van der Waals surface area contributed by atoms with E-state index in [1.165, 1.54) is 0 Å². The van der Waals surface area contributed by atoms with Crippen LogP contribution in [0.3, 0.4) is 0 Å². The molecule has 0 heterocycles. The molecule has 5 nitrogen and oxygen atoms in total. The average molecular weight is 394 g/mol. The number of nitrogens with one attached hydrogen (secondary N) is 1. The van der Waals surface area contributed by atoms with Crippen LogP contribution < -0.4 is 14.8 Å². The predicted molar refractivity (Wildman–Crippen MR) is 97.3 cm³/mol. The number of carboxylic acid groups (broad SMARTS) is 1. The second kappa shape index (κ2) is 8.06. The summed E-state index contributed by atoms with van der Waals surface area (Å²) >= 11 is 3.53. The molecule has 0 spiro atoms. The van der Waals surface area contributed by atoms with E-state index in [2.05, 4.69) is 21.2 Å². The third-order valence-corrected chi connectivity index (χ3v) is 4.40. The summed E-state index contributed by atoms with van der Waals surface area (Å²) < 4.78 is 11.8. The topological polar surface area (TPSA) is 67.8 Å². The van der Waals surface area contributed by atoms with Crippen LogP contribution in [0, 0.1) is 6.92 Å². The molecule has 2 aromatic carbocycles. The maximum Gasteiger partial charge on any atom is 0.336 e. The van der Waals surface area contributed by atoms with Crippen molar-refractivity contribution in [1.82, 2.24) is 0 Å². The summed E-state index contributed by atoms with van der Waals surface area (Å²) in [4.78, 5) is 11.2. The molecule has 0 aromatic heterocycles. The van der Waals surface area contributed by atoms with E-state index in [1.807, 2.05) is 25.1 Å². The molecule has 2 aromatic rings. The number of halogens is 1. The van der Waals surface area contributed by atoms with Gasteiger partial charge in [-0.25, -0.2) is 4.79 Å². The van der Waals surface area contributed by atoms with Gasteiger partial charge < -0.3 is 19.9 Å². The number of anilines is 1. The van der Waals surface area contributed by atoms with Crippen molar-refractivity contribution in [2.75, 3.05) is 19.0 Å². The van der Waals surface area contributed by atoms with Crippen LogP contribution >= 0.6 is 15.9 Å². The molecular formula is C18H20BrNO4. The molecule has 2 rings (SSSR count). The highest BCUT2D eigenvalue weighted by atomic mass is 79.9. The summed E-state index contributed by atoms with van der Waals surface area (Å²) in [5.74, 6) is 0.410. The van der Waals surface area contributed by atoms with E-state index >= 15 is 0 Å². The molecule has 0 amide bonds. The number of benzene rings is 2. The molecule has 0 aliphatic rings. The summed E-state index contributed by atoms with van der Waals surface area (Å²) in [5, 5.41) is 12.5. The second-order valence-electron chi connectivity index (χ2n) is 5.16. The first-order chi connectivity index (χ1) is 11.5. The van der Waals surface area contributed by atoms with Gasteiger partial charge in [0.15, 0.2) is 11.5 Å². The van der Waals surface area contributed by atoms with Crippen molar-refractivity contribution in [3.05, 3.63) is 51.5 Å². The minimum atomic E-state index is -0.930. The number of methoxy groups -OCH3 is 1. The zero-order valence-electron chi connectivity index (χ0n) is 13.9. The lowest BCUT2D eigenvalue weighted by Gasteiger charge is -2.15. The monoisotopic (exact) mass is 393 g/mol. The number of aromatic carboxylic acids is 1. The highest BCUT2D eigenvalue weighted by Crippen LogP contribution is 2.34. The average Bonchev–Trinajstić information content (AvgIpc) is 2.55. The molecule has 0 unspecified atom stereocenters. The third kappa shape index (κ3) is 4.00. The predicted octanol–water partition coefficient (Wildman–Crippen LogP) is 4.48. The van der Waals surface area contributed by atoms with Gasteiger partial charge >= 0.3 is 5.97 Å². The molecule has 0 aliphatic carbocycles. The van der Waals surface area contributed by atoms with Crippen LogP contribution in [0.5, 0.6) is 11.5 Å². The summed E-state index contributed by atoms with van der Waals surface area (Å²) in [5.41, 5.74) is 2.78. The van der Waals surface area contributed by atoms with Gasteiger partial charge in [0.1, 0.15) is 0 Å². The number of carboxylic acids is 1. The first kappa shape index (κ1) is 18.1. The smallest absolute Gasteiger partial charge is 0.336 e. The highest BCUT2D eigenvalue weighted by molar-refractivity contribution is 9.10. The van der Waals surface area contributed by atoms with Crippen LogP contribution in [0.2, 0.25) is 0 Å². The molecule has 128 valence electrons. The number of hydrogen-bond donors (Lipinski definition) is 2. The van der Waals surface area contributed by atoms with Gasteiger partial charge in [-0.2, -0.15) is 0 Å². The molecule has 0 atom stereocenters. The number of hydrogen-bond acceptors (Lipinski definition) is 4. The van der Waals surface area contributed by atoms with E-state index in [1.54, 1.807) is 26.2 Å². The molecular weight excluding hydrogens is 374 g/mol. The van der Waals surface area contributed by atoms with Gasteiger partial charge in [0.25, 0.3) is 0 Å². The number of ether oxygens (including phenoxy) is 2. The molecule has 0 aliphatic heterocycles. The van der Waals surface area contributed by atoms with Crippen molar-refractivity contribution in [2.24, 2.45) is 0 Å². The Kier molecular flexibility index (Phi) is 6.09. The van der Waals surface area contributed by atoms with E-state index < -0.39 is 5.97 Å². The maximum absolute atomic E-state index is 11.2. The zero-order chi connectivity index (χ0) is 17.7. The third-order valence-electron chi connectivity index (χ3n) is 3.67. The van der Waals surface area contributed by atoms with Gasteiger partial charge in [-0.15, -0.1) is 0 Å². The second-order valence-corrected chi connectivity index (χ2v) is 6.02. The van der Waals surface area contributed by atoms with E-state index in [0.717, 1.165) is 15.7 Å². The molecule has 2 N–H and O–H groups in total. The standard InChI is InChI=1S/C18H20BrNO4/c1-4-24-17-8-12(14(19)9-16(17)23-3)10-20-15-7-5-6-13(11(15)2)18(21)22/h5-9,20H,4,10H2,1-3H3,(H,21,22). The number of carbonyl (C=O) groups is 1. The largest absolute Gasteiger partial charge is 0.493 e. The summed E-state index contributed by atoms with van der Waals surface area (Å²) in [6.07, 6.45) is 0. The fourth-order valence-electron chi connectivity index (χ4n) is 2.39. The minimum Gasteiger partial charge on any atom is -0.493 e. The Morgan fingerprint density at radius 2 is 2.04 bits per heavy atom. The van der Waals surface area contributed by atoms with E-state index in [4.69, 9.17) is 9.47 Å². The Hall–Kier alpha value is -2.21. The quantitative estimate of drug-likeness (QED) is 0.725. The van der Waals surface area contributed by atoms with E-state index in [9.17, 15) is 9.90 Å². The van der Waals surface area contributed by atoms with Crippen LogP contribution in [0.4, 0.5) is 5.69 Å². The van der Waals surface area contributed by atoms with Crippen molar-refractivity contribution < 1.29 is 19.4 Å². The van der Waals surface area contributed by atoms with Gasteiger partial charge in [-0.3, -0.25) is 0 Å². The Bertz CT molecular complexity index is 746. The molecule has 0 saturated carbocycles. The van der Waals surface area contributed by atoms with Crippen LogP contribution in [0.15, 0.2) is 34.8 Å². The lowest BCUT2D eigenvalue weighted by atomic mass is 10.1. The summed E-state index contributed by atoms with van der Waals surface area (Å²) in [6.45, 7) is 4.78. The Balaban J connectivity index is 2.25. The molecule has 6 heteroatoms. The van der Waals surface area contributed by atoms with Crippen molar-refractivity contribution in [3.63, 3.8) is 0 Å². The van der Waals surface area contributed by atoms with E-state index in [-0.39, 0.29) is 0 Å². The van der Waals surface area contributed by atoms with Gasteiger partial charge in [0.2, 0.25) is 0 Å². The molecule has 0 bridgehead atoms. The molecule has 0 fully saturated rings. The normalized spacial score (nSPS) is 10.3. The summed E-state index contributed by atoms with van der Waals surface area (Å²) in [6, 6.07) is 8.97. The first-order valence-electron chi connectivity index (χ1n) is 7.53. The Morgan fingerprint density at radius 3 is 2.67 bits per heavy atom. The fourth-order valence-corrected chi connectivity index (χ4v) is 2.85.